The van der Waals surface area contributed by atoms with Crippen LogP contribution in [-0.4, -0.2) is 24.7 Å². The first kappa shape index (κ1) is 17.8. The highest BCUT2D eigenvalue weighted by atomic mass is 32.2. The van der Waals surface area contributed by atoms with Crippen LogP contribution in [0, 0.1) is 0 Å². The molecule has 0 radical (unpaired) electrons. The molecule has 0 aliphatic heterocycles. The predicted octanol–water partition coefficient (Wildman–Crippen LogP) is 4.23. The number of Topliss-reactive ketones (excluding diaryl/α,β-unsaturated/α-hetero) is 1. The second-order valence-corrected chi connectivity index (χ2v) is 10.1. The Morgan fingerprint density at radius 1 is 1.00 bits per heavy atom. The van der Waals surface area contributed by atoms with Crippen molar-refractivity contribution < 1.29 is 13.2 Å². The van der Waals surface area contributed by atoms with Crippen molar-refractivity contribution in [3.63, 3.8) is 0 Å². The van der Waals surface area contributed by atoms with Gasteiger partial charge in [0.05, 0.1) is 4.90 Å². The Morgan fingerprint density at radius 3 is 2.26 bits per heavy atom. The van der Waals surface area contributed by atoms with Gasteiger partial charge in [0.2, 0.25) is 0 Å². The largest absolute Gasteiger partial charge is 0.293 e. The highest BCUT2D eigenvalue weighted by Gasteiger charge is 2.21. The fraction of sp³-hybridized carbons (Fsp3) is 0.278. The summed E-state index contributed by atoms with van der Waals surface area (Å²) in [6, 6.07) is 15.2. The van der Waals surface area contributed by atoms with Crippen LogP contribution in [0.2, 0.25) is 0 Å². The van der Waals surface area contributed by atoms with E-state index in [1.54, 1.807) is 48.2 Å². The number of hydrogen-bond donors (Lipinski definition) is 0. The van der Waals surface area contributed by atoms with Crippen molar-refractivity contribution in [2.45, 2.75) is 35.3 Å². The van der Waals surface area contributed by atoms with Gasteiger partial charge in [-0.15, -0.1) is 11.8 Å². The fourth-order valence-corrected chi connectivity index (χ4v) is 4.34. The first-order valence-corrected chi connectivity index (χ1v) is 9.74. The summed E-state index contributed by atoms with van der Waals surface area (Å²) in [6.45, 7) is 6.27. The van der Waals surface area contributed by atoms with Gasteiger partial charge in [-0.2, -0.15) is 0 Å². The van der Waals surface area contributed by atoms with E-state index in [0.717, 1.165) is 4.90 Å². The summed E-state index contributed by atoms with van der Waals surface area (Å²) in [6.07, 6.45) is 0. The molecule has 2 aromatic rings. The van der Waals surface area contributed by atoms with Gasteiger partial charge >= 0.3 is 0 Å². The molecule has 0 aliphatic rings. The Hall–Kier alpha value is -1.59. The number of thioether (sulfide) groups is 1. The molecule has 0 aromatic heterocycles. The number of hydrogen-bond acceptors (Lipinski definition) is 4. The highest BCUT2D eigenvalue weighted by Crippen LogP contribution is 2.32. The van der Waals surface area contributed by atoms with E-state index in [4.69, 9.17) is 0 Å². The summed E-state index contributed by atoms with van der Waals surface area (Å²) >= 11 is 1.65. The molecule has 3 nitrogen and oxygen atoms in total. The van der Waals surface area contributed by atoms with Crippen LogP contribution in [0.15, 0.2) is 64.4 Å². The fourth-order valence-electron chi connectivity index (χ4n) is 2.05. The maximum atomic E-state index is 12.4. The molecule has 5 heteroatoms. The lowest BCUT2D eigenvalue weighted by Gasteiger charge is -2.17. The Kier molecular flexibility index (Phi) is 5.32. The first-order valence-electron chi connectivity index (χ1n) is 7.27. The quantitative estimate of drug-likeness (QED) is 0.599. The van der Waals surface area contributed by atoms with Crippen LogP contribution in [-0.2, 0) is 9.84 Å². The van der Waals surface area contributed by atoms with Crippen molar-refractivity contribution in [1.82, 2.24) is 0 Å². The van der Waals surface area contributed by atoms with Crippen molar-refractivity contribution in [3.8, 4) is 0 Å². The maximum Gasteiger partial charge on any atom is 0.185 e. The van der Waals surface area contributed by atoms with Crippen LogP contribution in [0.1, 0.15) is 31.1 Å². The minimum absolute atomic E-state index is 0.0256. The predicted molar refractivity (Wildman–Crippen MR) is 94.9 cm³/mol. The summed E-state index contributed by atoms with van der Waals surface area (Å²) in [5, 5.41) is 0. The number of ketones is 1. The molecule has 0 fully saturated rings. The van der Waals surface area contributed by atoms with E-state index in [1.165, 1.54) is 12.1 Å². The van der Waals surface area contributed by atoms with E-state index in [2.05, 4.69) is 20.8 Å². The zero-order valence-corrected chi connectivity index (χ0v) is 15.1. The molecule has 23 heavy (non-hydrogen) atoms. The van der Waals surface area contributed by atoms with E-state index in [1.807, 2.05) is 6.07 Å². The van der Waals surface area contributed by atoms with Gasteiger partial charge in [-0.05, 0) is 24.3 Å². The van der Waals surface area contributed by atoms with Gasteiger partial charge in [0, 0.05) is 15.2 Å². The van der Waals surface area contributed by atoms with Crippen LogP contribution < -0.4 is 0 Å². The van der Waals surface area contributed by atoms with E-state index >= 15 is 0 Å². The Morgan fingerprint density at radius 2 is 1.65 bits per heavy atom. The van der Waals surface area contributed by atoms with Crippen molar-refractivity contribution in [3.05, 3.63) is 60.2 Å². The molecule has 0 heterocycles. The molecule has 2 rings (SSSR count). The molecule has 0 amide bonds. The van der Waals surface area contributed by atoms with Crippen molar-refractivity contribution in [2.24, 2.45) is 0 Å². The lowest BCUT2D eigenvalue weighted by Crippen LogP contribution is -2.16. The van der Waals surface area contributed by atoms with E-state index < -0.39 is 15.6 Å². The summed E-state index contributed by atoms with van der Waals surface area (Å²) in [5.74, 6) is -0.897. The van der Waals surface area contributed by atoms with Crippen molar-refractivity contribution in [1.29, 1.82) is 0 Å². The molecule has 122 valence electrons. The second kappa shape index (κ2) is 6.89. The molecule has 0 saturated carbocycles. The normalized spacial score (nSPS) is 12.1. The topological polar surface area (TPSA) is 51.2 Å². The zero-order valence-electron chi connectivity index (χ0n) is 13.4. The van der Waals surface area contributed by atoms with Gasteiger partial charge in [0.15, 0.2) is 15.6 Å². The smallest absolute Gasteiger partial charge is 0.185 e. The lowest BCUT2D eigenvalue weighted by molar-refractivity contribution is 0.102. The van der Waals surface area contributed by atoms with Gasteiger partial charge in [-0.3, -0.25) is 4.79 Å². The first-order chi connectivity index (χ1) is 10.7. The number of carbonyl (C=O) groups excluding carboxylic acids is 1. The third kappa shape index (κ3) is 5.22. The minimum Gasteiger partial charge on any atom is -0.293 e. The van der Waals surface area contributed by atoms with Gasteiger partial charge in [0.1, 0.15) is 5.75 Å². The molecule has 0 unspecified atom stereocenters. The van der Waals surface area contributed by atoms with Crippen molar-refractivity contribution >= 4 is 27.4 Å². The van der Waals surface area contributed by atoms with Crippen LogP contribution in [0.25, 0.3) is 0 Å². The molecule has 0 atom stereocenters. The monoisotopic (exact) mass is 348 g/mol. The average Bonchev–Trinajstić information content (AvgIpc) is 2.46. The third-order valence-electron chi connectivity index (χ3n) is 3.00. The Bertz CT molecular complexity index is 789. The molecule has 0 bridgehead atoms. The van der Waals surface area contributed by atoms with Crippen LogP contribution >= 0.6 is 11.8 Å². The van der Waals surface area contributed by atoms with Crippen LogP contribution in [0.4, 0.5) is 0 Å². The van der Waals surface area contributed by atoms with E-state index in [9.17, 15) is 13.2 Å². The summed E-state index contributed by atoms with van der Waals surface area (Å²) in [4.78, 5) is 13.5. The Balaban J connectivity index is 2.20. The van der Waals surface area contributed by atoms with Gasteiger partial charge < -0.3 is 0 Å². The summed E-state index contributed by atoms with van der Waals surface area (Å²) in [7, 11) is -3.61. The summed E-state index contributed by atoms with van der Waals surface area (Å²) < 4.78 is 24.6. The van der Waals surface area contributed by atoms with Gasteiger partial charge in [0.25, 0.3) is 0 Å². The number of sulfone groups is 1. The summed E-state index contributed by atoms with van der Waals surface area (Å²) in [5.41, 5.74) is 0.429. The molecule has 0 spiro atoms. The highest BCUT2D eigenvalue weighted by molar-refractivity contribution is 8.00. The number of rotatable bonds is 5. The SMILES string of the molecule is CC(C)(C)Sc1cccc(C(=O)CS(=O)(=O)c2ccccc2)c1. The molecule has 0 saturated heterocycles. The molecule has 0 N–H and O–H groups in total. The molecule has 0 aliphatic carbocycles. The second-order valence-electron chi connectivity index (χ2n) is 6.24. The van der Waals surface area contributed by atoms with Crippen LogP contribution in [0.5, 0.6) is 0 Å². The van der Waals surface area contributed by atoms with E-state index in [-0.39, 0.29) is 15.4 Å². The third-order valence-corrected chi connectivity index (χ3v) is 5.74. The Labute approximate surface area is 142 Å². The van der Waals surface area contributed by atoms with Gasteiger partial charge in [-0.1, -0.05) is 51.1 Å². The molecular weight excluding hydrogens is 328 g/mol. The molecule has 2 aromatic carbocycles. The maximum absolute atomic E-state index is 12.4. The van der Waals surface area contributed by atoms with Crippen molar-refractivity contribution in [2.75, 3.05) is 5.75 Å². The van der Waals surface area contributed by atoms with Crippen LogP contribution in [0.3, 0.4) is 0 Å². The number of benzene rings is 2. The lowest BCUT2D eigenvalue weighted by atomic mass is 10.1. The average molecular weight is 348 g/mol. The zero-order chi connectivity index (χ0) is 17.1. The standard InChI is InChI=1S/C18H20O3S2/c1-18(2,3)22-15-9-7-8-14(12-15)17(19)13-23(20,21)16-10-5-4-6-11-16/h4-12H,13H2,1-3H3. The minimum atomic E-state index is -3.61. The molecular formula is C18H20O3S2. The van der Waals surface area contributed by atoms with Gasteiger partial charge in [-0.25, -0.2) is 8.42 Å². The van der Waals surface area contributed by atoms with E-state index in [0.29, 0.717) is 5.56 Å². The number of carbonyl (C=O) groups is 1.